The first-order chi connectivity index (χ1) is 8.70. The number of likely N-dealkylation sites (N-methyl/N-ethyl adjacent to an activating group) is 1. The summed E-state index contributed by atoms with van der Waals surface area (Å²) >= 11 is 0. The van der Waals surface area contributed by atoms with Crippen molar-refractivity contribution in [3.8, 4) is 11.3 Å². The van der Waals surface area contributed by atoms with Crippen molar-refractivity contribution >= 4 is 0 Å². The molecule has 1 aromatic heterocycles. The zero-order chi connectivity index (χ0) is 13.0. The highest BCUT2D eigenvalue weighted by atomic mass is 16.4. The van der Waals surface area contributed by atoms with Crippen LogP contribution < -0.4 is 5.32 Å². The lowest BCUT2D eigenvalue weighted by molar-refractivity contribution is 0.497. The molecule has 96 valence electrons. The van der Waals surface area contributed by atoms with Crippen LogP contribution in [-0.2, 0) is 6.42 Å². The number of rotatable bonds is 5. The topological polar surface area (TPSA) is 38.1 Å². The van der Waals surface area contributed by atoms with Crippen LogP contribution in [0, 0.1) is 13.8 Å². The normalized spacial score (nSPS) is 10.8. The summed E-state index contributed by atoms with van der Waals surface area (Å²) in [5.41, 5.74) is 3.59. The van der Waals surface area contributed by atoms with Crippen LogP contribution in [0.3, 0.4) is 0 Å². The lowest BCUT2D eigenvalue weighted by atomic mass is 10.0. The Kier molecular flexibility index (Phi) is 4.15. The molecule has 0 aliphatic carbocycles. The fourth-order valence-corrected chi connectivity index (χ4v) is 1.92. The van der Waals surface area contributed by atoms with Crippen molar-refractivity contribution in [2.75, 3.05) is 13.1 Å². The molecule has 18 heavy (non-hydrogen) atoms. The monoisotopic (exact) mass is 244 g/mol. The fraction of sp³-hybridized carbons (Fsp3) is 0.400. The summed E-state index contributed by atoms with van der Waals surface area (Å²) in [5, 5.41) is 3.27. The van der Waals surface area contributed by atoms with E-state index in [0.717, 1.165) is 36.7 Å². The molecule has 0 aliphatic rings. The van der Waals surface area contributed by atoms with Crippen LogP contribution in [0.4, 0.5) is 0 Å². The third kappa shape index (κ3) is 2.99. The van der Waals surface area contributed by atoms with Crippen LogP contribution >= 0.6 is 0 Å². The van der Waals surface area contributed by atoms with E-state index >= 15 is 0 Å². The number of aromatic nitrogens is 1. The van der Waals surface area contributed by atoms with Gasteiger partial charge in [0.2, 0.25) is 0 Å². The van der Waals surface area contributed by atoms with Gasteiger partial charge in [-0.05, 0) is 32.0 Å². The highest BCUT2D eigenvalue weighted by Gasteiger charge is 2.08. The fourth-order valence-electron chi connectivity index (χ4n) is 1.92. The molecule has 0 radical (unpaired) electrons. The minimum atomic E-state index is 0.798. The van der Waals surface area contributed by atoms with Crippen LogP contribution in [0.1, 0.15) is 23.9 Å². The summed E-state index contributed by atoms with van der Waals surface area (Å²) in [5.74, 6) is 1.66. The number of oxazole rings is 1. The highest BCUT2D eigenvalue weighted by molar-refractivity contribution is 5.62. The summed E-state index contributed by atoms with van der Waals surface area (Å²) in [6.07, 6.45) is 2.65. The van der Waals surface area contributed by atoms with Gasteiger partial charge in [0, 0.05) is 18.5 Å². The smallest absolute Gasteiger partial charge is 0.196 e. The van der Waals surface area contributed by atoms with Crippen molar-refractivity contribution in [1.29, 1.82) is 0 Å². The second kappa shape index (κ2) is 5.83. The second-order valence-electron chi connectivity index (χ2n) is 4.54. The molecule has 0 saturated heterocycles. The molecule has 0 amide bonds. The molecule has 0 atom stereocenters. The van der Waals surface area contributed by atoms with Crippen LogP contribution in [-0.4, -0.2) is 18.1 Å². The Balaban J connectivity index is 2.16. The van der Waals surface area contributed by atoms with E-state index in [0.29, 0.717) is 0 Å². The van der Waals surface area contributed by atoms with Gasteiger partial charge < -0.3 is 9.73 Å². The number of nitrogens with zero attached hydrogens (tertiary/aromatic N) is 1. The van der Waals surface area contributed by atoms with Gasteiger partial charge in [0.1, 0.15) is 0 Å². The Morgan fingerprint density at radius 1 is 1.28 bits per heavy atom. The van der Waals surface area contributed by atoms with E-state index in [9.17, 15) is 0 Å². The van der Waals surface area contributed by atoms with Crippen molar-refractivity contribution in [1.82, 2.24) is 10.3 Å². The first-order valence-electron chi connectivity index (χ1n) is 6.43. The van der Waals surface area contributed by atoms with Gasteiger partial charge in [-0.2, -0.15) is 0 Å². The maximum Gasteiger partial charge on any atom is 0.196 e. The van der Waals surface area contributed by atoms with Crippen molar-refractivity contribution in [2.45, 2.75) is 27.2 Å². The molecule has 0 unspecified atom stereocenters. The molecular formula is C15H20N2O. The Hall–Kier alpha value is -1.61. The van der Waals surface area contributed by atoms with Gasteiger partial charge in [-0.15, -0.1) is 0 Å². The predicted molar refractivity (Wildman–Crippen MR) is 73.7 cm³/mol. The van der Waals surface area contributed by atoms with Crippen LogP contribution in [0.15, 0.2) is 28.8 Å². The summed E-state index contributed by atoms with van der Waals surface area (Å²) < 4.78 is 5.80. The molecule has 0 bridgehead atoms. The third-order valence-corrected chi connectivity index (χ3v) is 2.98. The second-order valence-corrected chi connectivity index (χ2v) is 4.54. The van der Waals surface area contributed by atoms with Gasteiger partial charge in [0.05, 0.1) is 6.20 Å². The molecule has 2 aromatic rings. The average molecular weight is 244 g/mol. The van der Waals surface area contributed by atoms with E-state index in [4.69, 9.17) is 4.42 Å². The Labute approximate surface area is 108 Å². The third-order valence-electron chi connectivity index (χ3n) is 2.98. The maximum atomic E-state index is 5.80. The lowest BCUT2D eigenvalue weighted by Crippen LogP contribution is -2.16. The van der Waals surface area contributed by atoms with E-state index in [-0.39, 0.29) is 0 Å². The van der Waals surface area contributed by atoms with Crippen molar-refractivity contribution in [3.63, 3.8) is 0 Å². The van der Waals surface area contributed by atoms with Crippen molar-refractivity contribution in [2.24, 2.45) is 0 Å². The number of benzene rings is 1. The van der Waals surface area contributed by atoms with Crippen LogP contribution in [0.5, 0.6) is 0 Å². The van der Waals surface area contributed by atoms with Crippen molar-refractivity contribution in [3.05, 3.63) is 41.4 Å². The predicted octanol–water partition coefficient (Wildman–Crippen LogP) is 3.11. The highest BCUT2D eigenvalue weighted by Crippen LogP contribution is 2.25. The van der Waals surface area contributed by atoms with Crippen LogP contribution in [0.2, 0.25) is 0 Å². The summed E-state index contributed by atoms with van der Waals surface area (Å²) in [6.45, 7) is 8.16. The van der Waals surface area contributed by atoms with Gasteiger partial charge in [-0.1, -0.05) is 24.6 Å². The van der Waals surface area contributed by atoms with Gasteiger partial charge in [-0.3, -0.25) is 0 Å². The average Bonchev–Trinajstić information content (AvgIpc) is 2.81. The quantitative estimate of drug-likeness (QED) is 0.821. The van der Waals surface area contributed by atoms with Gasteiger partial charge >= 0.3 is 0 Å². The lowest BCUT2D eigenvalue weighted by Gasteiger charge is -2.03. The zero-order valence-corrected chi connectivity index (χ0v) is 11.3. The van der Waals surface area contributed by atoms with E-state index in [2.05, 4.69) is 49.3 Å². The molecule has 3 heteroatoms. The summed E-state index contributed by atoms with van der Waals surface area (Å²) in [4.78, 5) is 4.33. The largest absolute Gasteiger partial charge is 0.441 e. The Bertz CT molecular complexity index is 517. The molecule has 1 N–H and O–H groups in total. The number of hydrogen-bond donors (Lipinski definition) is 1. The SMILES string of the molecule is CCNCCc1ncc(-c2cc(C)ccc2C)o1. The summed E-state index contributed by atoms with van der Waals surface area (Å²) in [7, 11) is 0. The van der Waals surface area contributed by atoms with E-state index < -0.39 is 0 Å². The summed E-state index contributed by atoms with van der Waals surface area (Å²) in [6, 6.07) is 6.37. The van der Waals surface area contributed by atoms with E-state index in [1.807, 2.05) is 6.20 Å². The molecule has 3 nitrogen and oxygen atoms in total. The molecule has 1 aromatic carbocycles. The molecular weight excluding hydrogens is 224 g/mol. The number of nitrogens with one attached hydrogen (secondary N) is 1. The van der Waals surface area contributed by atoms with Gasteiger partial charge in [-0.25, -0.2) is 4.98 Å². The standard InChI is InChI=1S/C15H20N2O/c1-4-16-8-7-15-17-10-14(18-15)13-9-11(2)5-6-12(13)3/h5-6,9-10,16H,4,7-8H2,1-3H3. The van der Waals surface area contributed by atoms with Gasteiger partial charge in [0.15, 0.2) is 11.7 Å². The van der Waals surface area contributed by atoms with E-state index in [1.54, 1.807) is 0 Å². The molecule has 0 aliphatic heterocycles. The number of hydrogen-bond acceptors (Lipinski definition) is 3. The van der Waals surface area contributed by atoms with Gasteiger partial charge in [0.25, 0.3) is 0 Å². The first-order valence-corrected chi connectivity index (χ1v) is 6.43. The first kappa shape index (κ1) is 12.8. The molecule has 0 spiro atoms. The molecule has 0 fully saturated rings. The molecule has 2 rings (SSSR count). The number of aryl methyl sites for hydroxylation is 2. The Morgan fingerprint density at radius 3 is 2.89 bits per heavy atom. The van der Waals surface area contributed by atoms with Crippen molar-refractivity contribution < 1.29 is 4.42 Å². The zero-order valence-electron chi connectivity index (χ0n) is 11.3. The molecule has 1 heterocycles. The van der Waals surface area contributed by atoms with E-state index in [1.165, 1.54) is 11.1 Å². The maximum absolute atomic E-state index is 5.80. The molecule has 0 saturated carbocycles. The minimum Gasteiger partial charge on any atom is -0.441 e. The Morgan fingerprint density at radius 2 is 2.11 bits per heavy atom. The minimum absolute atomic E-state index is 0.798. The van der Waals surface area contributed by atoms with Crippen LogP contribution in [0.25, 0.3) is 11.3 Å².